The molecule has 0 aromatic rings. The molecule has 0 radical (unpaired) electrons. The Balaban J connectivity index is 0. The van der Waals surface area contributed by atoms with Crippen LogP contribution in [-0.4, -0.2) is 4.93 Å². The Morgan fingerprint density at radius 3 is 1.60 bits per heavy atom. The van der Waals surface area contributed by atoms with Crippen molar-refractivity contribution in [1.82, 2.24) is 0 Å². The molecule has 0 saturated heterocycles. The van der Waals surface area contributed by atoms with Gasteiger partial charge in [-0.05, 0) is 11.9 Å². The van der Waals surface area contributed by atoms with Crippen LogP contribution in [0.4, 0.5) is 0 Å². The number of alkyl halides is 1. The van der Waals surface area contributed by atoms with Crippen LogP contribution >= 0.6 is 22.6 Å². The molecule has 1 heteroatoms. The minimum atomic E-state index is 1.75. The topological polar surface area (TPSA) is 0 Å². The van der Waals surface area contributed by atoms with Gasteiger partial charge < -0.3 is 0 Å². The zero-order valence-electron chi connectivity index (χ0n) is 3.66. The molecule has 0 amide bonds. The minimum Gasteiger partial charge on any atom is -0.103 e. The second-order valence-corrected chi connectivity index (χ2v) is 0.408. The first kappa shape index (κ1) is 9.08. The second-order valence-electron chi connectivity index (χ2n) is 0.408. The summed E-state index contributed by atoms with van der Waals surface area (Å²) in [6.07, 6.45) is 1.75. The third-order valence-corrected chi connectivity index (χ3v) is 0. The highest BCUT2D eigenvalue weighted by molar-refractivity contribution is 14.1. The fourth-order valence-electron chi connectivity index (χ4n) is 0. The predicted molar refractivity (Wildman–Crippen MR) is 35.8 cm³/mol. The molecule has 0 N–H and O–H groups in total. The van der Waals surface area contributed by atoms with E-state index in [1.54, 1.807) is 6.08 Å². The Hall–Kier alpha value is 0.470. The van der Waals surface area contributed by atoms with E-state index in [1.807, 2.05) is 11.9 Å². The van der Waals surface area contributed by atoms with Gasteiger partial charge >= 0.3 is 0 Å². The standard InChI is InChI=1S/C3H6.CH3I/c1-3-2;1-2/h3H,1H2,2H3;1H3. The van der Waals surface area contributed by atoms with Gasteiger partial charge in [0.2, 0.25) is 0 Å². The highest BCUT2D eigenvalue weighted by Gasteiger charge is 1.15. The first-order chi connectivity index (χ1) is 2.41. The molecular formula is C4H9I. The van der Waals surface area contributed by atoms with E-state index in [0.717, 1.165) is 0 Å². The summed E-state index contributed by atoms with van der Waals surface area (Å²) in [5.74, 6) is 0. The van der Waals surface area contributed by atoms with E-state index in [9.17, 15) is 0 Å². The normalized spacial score (nSPS) is 3.80. The maximum absolute atomic E-state index is 3.36. The van der Waals surface area contributed by atoms with E-state index in [1.165, 1.54) is 0 Å². The fraction of sp³-hybridized carbons (Fsp3) is 0.500. The van der Waals surface area contributed by atoms with Gasteiger partial charge in [-0.1, -0.05) is 28.7 Å². The molecule has 0 unspecified atom stereocenters. The third kappa shape index (κ3) is 123. The summed E-state index contributed by atoms with van der Waals surface area (Å²) in [5, 5.41) is 0. The molecule has 0 aliphatic rings. The van der Waals surface area contributed by atoms with Crippen molar-refractivity contribution in [1.29, 1.82) is 0 Å². The van der Waals surface area contributed by atoms with Crippen molar-refractivity contribution in [3.63, 3.8) is 0 Å². The lowest BCUT2D eigenvalue weighted by molar-refractivity contribution is 1.80. The molecule has 0 aliphatic carbocycles. The minimum absolute atomic E-state index is 1.75. The van der Waals surface area contributed by atoms with Gasteiger partial charge in [0.15, 0.2) is 0 Å². The number of halogens is 1. The van der Waals surface area contributed by atoms with E-state index in [2.05, 4.69) is 29.2 Å². The summed E-state index contributed by atoms with van der Waals surface area (Å²) in [7, 11) is 0. The Kier molecular flexibility index (Phi) is 45.2. The van der Waals surface area contributed by atoms with Crippen LogP contribution in [0.3, 0.4) is 0 Å². The maximum Gasteiger partial charge on any atom is -0.0121 e. The van der Waals surface area contributed by atoms with E-state index >= 15 is 0 Å². The molecule has 0 atom stereocenters. The van der Waals surface area contributed by atoms with Crippen molar-refractivity contribution in [2.45, 2.75) is 6.92 Å². The molecule has 0 bridgehead atoms. The van der Waals surface area contributed by atoms with Crippen molar-refractivity contribution in [2.75, 3.05) is 4.93 Å². The van der Waals surface area contributed by atoms with Gasteiger partial charge in [0.05, 0.1) is 0 Å². The summed E-state index contributed by atoms with van der Waals surface area (Å²) in [4.78, 5) is 1.97. The molecule has 0 fully saturated rings. The lowest BCUT2D eigenvalue weighted by atomic mass is 10.8. The molecule has 0 rings (SSSR count). The van der Waals surface area contributed by atoms with Crippen LogP contribution in [0, 0.1) is 0 Å². The number of hydrogen-bond donors (Lipinski definition) is 0. The lowest BCUT2D eigenvalue weighted by Crippen LogP contribution is -1.07. The summed E-state index contributed by atoms with van der Waals surface area (Å²) in [5.41, 5.74) is 0. The van der Waals surface area contributed by atoms with Crippen molar-refractivity contribution in [3.05, 3.63) is 12.7 Å². The SMILES string of the molecule is C=CC.CI. The second kappa shape index (κ2) is 24.9. The van der Waals surface area contributed by atoms with Gasteiger partial charge in [0.1, 0.15) is 0 Å². The molecule has 0 aromatic heterocycles. The first-order valence-corrected chi connectivity index (χ1v) is 3.52. The monoisotopic (exact) mass is 184 g/mol. The Labute approximate surface area is 47.4 Å². The average Bonchev–Trinajstić information content (AvgIpc) is 1.46. The molecule has 0 spiro atoms. The molecule has 0 nitrogen and oxygen atoms in total. The van der Waals surface area contributed by atoms with Crippen LogP contribution in [-0.2, 0) is 0 Å². The largest absolute Gasteiger partial charge is 0.103 e. The smallest absolute Gasteiger partial charge is 0.0121 e. The van der Waals surface area contributed by atoms with E-state index in [0.29, 0.717) is 0 Å². The summed E-state index contributed by atoms with van der Waals surface area (Å²) in [6.45, 7) is 5.25. The highest BCUT2D eigenvalue weighted by Crippen LogP contribution is 1.48. The summed E-state index contributed by atoms with van der Waals surface area (Å²) >= 11 is 2.15. The summed E-state index contributed by atoms with van der Waals surface area (Å²) < 4.78 is 0. The Morgan fingerprint density at radius 1 is 1.60 bits per heavy atom. The Bertz CT molecular complexity index is 11.1. The number of hydrogen-bond acceptors (Lipinski definition) is 0. The molecule has 32 valence electrons. The van der Waals surface area contributed by atoms with E-state index in [4.69, 9.17) is 0 Å². The highest BCUT2D eigenvalue weighted by atomic mass is 127. The van der Waals surface area contributed by atoms with E-state index < -0.39 is 0 Å². The lowest BCUT2D eigenvalue weighted by Gasteiger charge is -1.31. The average molecular weight is 184 g/mol. The maximum atomic E-state index is 3.36. The van der Waals surface area contributed by atoms with Crippen LogP contribution in [0.25, 0.3) is 0 Å². The zero-order chi connectivity index (χ0) is 4.71. The molecule has 5 heavy (non-hydrogen) atoms. The zero-order valence-corrected chi connectivity index (χ0v) is 5.82. The van der Waals surface area contributed by atoms with Gasteiger partial charge in [0, 0.05) is 0 Å². The van der Waals surface area contributed by atoms with Crippen LogP contribution < -0.4 is 0 Å². The van der Waals surface area contributed by atoms with Crippen molar-refractivity contribution >= 4 is 22.6 Å². The van der Waals surface area contributed by atoms with Crippen LogP contribution in [0.1, 0.15) is 6.92 Å². The van der Waals surface area contributed by atoms with Gasteiger partial charge in [-0.25, -0.2) is 0 Å². The molecule has 0 aromatic carbocycles. The predicted octanol–water partition coefficient (Wildman–Crippen LogP) is 2.24. The molecule has 0 heterocycles. The molecular weight excluding hydrogens is 175 g/mol. The van der Waals surface area contributed by atoms with Crippen LogP contribution in [0.5, 0.6) is 0 Å². The first-order valence-electron chi connectivity index (χ1n) is 1.36. The van der Waals surface area contributed by atoms with E-state index in [-0.39, 0.29) is 0 Å². The summed E-state index contributed by atoms with van der Waals surface area (Å²) in [6, 6.07) is 0. The van der Waals surface area contributed by atoms with Crippen molar-refractivity contribution in [2.24, 2.45) is 0 Å². The van der Waals surface area contributed by atoms with Gasteiger partial charge in [-0.15, -0.1) is 6.58 Å². The van der Waals surface area contributed by atoms with Gasteiger partial charge in [0.25, 0.3) is 0 Å². The number of rotatable bonds is 0. The molecule has 0 aliphatic heterocycles. The Morgan fingerprint density at radius 2 is 1.60 bits per heavy atom. The van der Waals surface area contributed by atoms with Crippen LogP contribution in [0.2, 0.25) is 0 Å². The third-order valence-electron chi connectivity index (χ3n) is 0. The fourth-order valence-corrected chi connectivity index (χ4v) is 0. The van der Waals surface area contributed by atoms with Crippen molar-refractivity contribution < 1.29 is 0 Å². The van der Waals surface area contributed by atoms with Crippen LogP contribution in [0.15, 0.2) is 12.7 Å². The van der Waals surface area contributed by atoms with Crippen molar-refractivity contribution in [3.8, 4) is 0 Å². The molecule has 0 saturated carbocycles. The van der Waals surface area contributed by atoms with Gasteiger partial charge in [-0.2, -0.15) is 0 Å². The van der Waals surface area contributed by atoms with Gasteiger partial charge in [-0.3, -0.25) is 0 Å². The number of allylic oxidation sites excluding steroid dienone is 1. The quantitative estimate of drug-likeness (QED) is 0.307.